The zero-order valence-corrected chi connectivity index (χ0v) is 14.5. The Morgan fingerprint density at radius 1 is 1.19 bits per heavy atom. The molecule has 0 heterocycles. The van der Waals surface area contributed by atoms with Crippen LogP contribution in [0.1, 0.15) is 43.9 Å². The molecule has 0 spiro atoms. The van der Waals surface area contributed by atoms with Crippen molar-refractivity contribution >= 4 is 0 Å². The van der Waals surface area contributed by atoms with E-state index < -0.39 is 22.9 Å². The molecular formula is C15H22Hf-2. The second kappa shape index (κ2) is 4.25. The number of hydrogen-bond acceptors (Lipinski definition) is 0. The van der Waals surface area contributed by atoms with Crippen LogP contribution in [0.15, 0.2) is 41.6 Å². The fraction of sp³-hybridized carbons (Fsp3) is 0.467. The van der Waals surface area contributed by atoms with E-state index in [1.807, 2.05) is 3.33 Å². The largest absolute Gasteiger partial charge is 1.00 e. The average Bonchev–Trinajstić information content (AvgIpc) is 2.78. The Hall–Kier alpha value is -0.170. The molecular weight excluding hydrogens is 359 g/mol. The molecule has 0 fully saturated rings. The Bertz CT molecular complexity index is 451. The fourth-order valence-electron chi connectivity index (χ4n) is 2.54. The minimum absolute atomic E-state index is 0. The Morgan fingerprint density at radius 3 is 2.31 bits per heavy atom. The van der Waals surface area contributed by atoms with Crippen LogP contribution in [0.4, 0.5) is 0 Å². The van der Waals surface area contributed by atoms with E-state index in [-0.39, 0.29) is 2.85 Å². The predicted molar refractivity (Wildman–Crippen MR) is 68.9 cm³/mol. The second-order valence-electron chi connectivity index (χ2n) is 5.32. The Kier molecular flexibility index (Phi) is 3.27. The molecule has 0 radical (unpaired) electrons. The Balaban J connectivity index is 0.00000144. The Morgan fingerprint density at radius 2 is 1.88 bits per heavy atom. The summed E-state index contributed by atoms with van der Waals surface area (Å²) in [5.74, 6) is 0. The van der Waals surface area contributed by atoms with Gasteiger partial charge in [0.1, 0.15) is 0 Å². The third kappa shape index (κ3) is 1.88. The maximum absolute atomic E-state index is 2.41. The monoisotopic (exact) mass is 382 g/mol. The van der Waals surface area contributed by atoms with Gasteiger partial charge < -0.3 is 2.85 Å². The van der Waals surface area contributed by atoms with E-state index in [2.05, 4.69) is 52.8 Å². The van der Waals surface area contributed by atoms with Crippen LogP contribution >= 0.6 is 0 Å². The molecule has 0 N–H and O–H groups in total. The maximum atomic E-state index is 2.41. The first-order valence-corrected chi connectivity index (χ1v) is 9.56. The van der Waals surface area contributed by atoms with Crippen molar-refractivity contribution in [1.29, 1.82) is 0 Å². The molecule has 0 aromatic rings. The van der Waals surface area contributed by atoms with E-state index in [1.54, 1.807) is 20.0 Å². The van der Waals surface area contributed by atoms with Gasteiger partial charge in [-0.05, 0) is 0 Å². The van der Waals surface area contributed by atoms with Crippen LogP contribution in [0.5, 0.6) is 0 Å². The van der Waals surface area contributed by atoms with Crippen LogP contribution in [-0.4, -0.2) is 0 Å². The van der Waals surface area contributed by atoms with E-state index in [0.29, 0.717) is 5.41 Å². The minimum atomic E-state index is -0.762. The molecule has 2 aliphatic rings. The molecule has 0 amide bonds. The van der Waals surface area contributed by atoms with Crippen LogP contribution in [0.3, 0.4) is 0 Å². The first-order chi connectivity index (χ1) is 7.44. The number of allylic oxidation sites excluding steroid dienone is 8. The summed E-state index contributed by atoms with van der Waals surface area (Å²) in [6, 6.07) is 0. The second-order valence-corrected chi connectivity index (χ2v) is 10.3. The molecule has 88 valence electrons. The van der Waals surface area contributed by atoms with Gasteiger partial charge in [-0.1, -0.05) is 0 Å². The van der Waals surface area contributed by atoms with Crippen molar-refractivity contribution in [2.75, 3.05) is 0 Å². The minimum Gasteiger partial charge on any atom is -1.00 e. The molecule has 0 aromatic heterocycles. The standard InChI is InChI=1S/C10H15.C5H5.Hf.2H/c1-7-6-10(4,5)9(3)8(7)2;1-2-4-5-3-1;;;/h1-5H3;1-3H,4H2;;;/q;;;2*-1. The van der Waals surface area contributed by atoms with Gasteiger partial charge in [-0.15, -0.1) is 0 Å². The van der Waals surface area contributed by atoms with Crippen molar-refractivity contribution < 1.29 is 25.8 Å². The normalized spacial score (nSPS) is 23.2. The third-order valence-electron chi connectivity index (χ3n) is 4.12. The molecule has 0 atom stereocenters. The van der Waals surface area contributed by atoms with Gasteiger partial charge in [-0.25, -0.2) is 0 Å². The summed E-state index contributed by atoms with van der Waals surface area (Å²) in [5.41, 5.74) is 5.11. The SMILES string of the molecule is CC1=C(C)C(C)(C)[C]([Hf][C]2=CC=CC2)=C1C.[H-].[H-]. The summed E-state index contributed by atoms with van der Waals surface area (Å²) in [7, 11) is 0. The molecule has 0 bridgehead atoms. The fourth-order valence-corrected chi connectivity index (χ4v) is 8.28. The summed E-state index contributed by atoms with van der Waals surface area (Å²) in [4.78, 5) is 0. The molecule has 2 rings (SSSR count). The molecule has 0 nitrogen and oxygen atoms in total. The van der Waals surface area contributed by atoms with Crippen molar-refractivity contribution in [3.63, 3.8) is 0 Å². The summed E-state index contributed by atoms with van der Waals surface area (Å²) in [6.07, 6.45) is 8.12. The first-order valence-electron chi connectivity index (χ1n) is 5.97. The summed E-state index contributed by atoms with van der Waals surface area (Å²) in [5, 5.41) is 0. The van der Waals surface area contributed by atoms with Gasteiger partial charge in [-0.3, -0.25) is 0 Å². The van der Waals surface area contributed by atoms with E-state index in [4.69, 9.17) is 0 Å². The van der Waals surface area contributed by atoms with Crippen molar-refractivity contribution in [3.05, 3.63) is 41.6 Å². The van der Waals surface area contributed by atoms with E-state index >= 15 is 0 Å². The Labute approximate surface area is 114 Å². The van der Waals surface area contributed by atoms with Gasteiger partial charge in [0.25, 0.3) is 0 Å². The quantitative estimate of drug-likeness (QED) is 0.604. The van der Waals surface area contributed by atoms with Crippen molar-refractivity contribution in [3.8, 4) is 0 Å². The molecule has 0 saturated heterocycles. The van der Waals surface area contributed by atoms with Crippen LogP contribution in [-0.2, 0) is 22.9 Å². The molecule has 1 heteroatoms. The van der Waals surface area contributed by atoms with E-state index in [1.165, 1.54) is 6.42 Å². The average molecular weight is 381 g/mol. The smallest absolute Gasteiger partial charge is 1.00 e. The van der Waals surface area contributed by atoms with Gasteiger partial charge in [-0.2, -0.15) is 0 Å². The molecule has 16 heavy (non-hydrogen) atoms. The summed E-state index contributed by atoms with van der Waals surface area (Å²) < 4.78 is 3.57. The van der Waals surface area contributed by atoms with Crippen LogP contribution < -0.4 is 0 Å². The van der Waals surface area contributed by atoms with Crippen molar-refractivity contribution in [2.45, 2.75) is 41.0 Å². The van der Waals surface area contributed by atoms with Crippen LogP contribution in [0, 0.1) is 5.41 Å². The molecule has 0 aliphatic heterocycles. The molecule has 0 saturated carbocycles. The summed E-state index contributed by atoms with van der Waals surface area (Å²) >= 11 is -0.762. The van der Waals surface area contributed by atoms with Crippen molar-refractivity contribution in [2.24, 2.45) is 5.41 Å². The van der Waals surface area contributed by atoms with Gasteiger partial charge in [0.2, 0.25) is 0 Å². The summed E-state index contributed by atoms with van der Waals surface area (Å²) in [6.45, 7) is 11.8. The van der Waals surface area contributed by atoms with Gasteiger partial charge in [0, 0.05) is 0 Å². The molecule has 2 aliphatic carbocycles. The molecule has 0 unspecified atom stereocenters. The maximum Gasteiger partial charge on any atom is -1.00 e. The topological polar surface area (TPSA) is 0 Å². The van der Waals surface area contributed by atoms with Gasteiger partial charge in [0.05, 0.1) is 0 Å². The van der Waals surface area contributed by atoms with Gasteiger partial charge >= 0.3 is 111 Å². The van der Waals surface area contributed by atoms with Gasteiger partial charge in [0.15, 0.2) is 0 Å². The first kappa shape index (κ1) is 12.3. The van der Waals surface area contributed by atoms with E-state index in [0.717, 1.165) is 0 Å². The van der Waals surface area contributed by atoms with Crippen LogP contribution in [0.25, 0.3) is 0 Å². The zero-order chi connectivity index (χ0) is 11.9. The molecule has 0 aromatic carbocycles. The zero-order valence-electron chi connectivity index (χ0n) is 12.9. The van der Waals surface area contributed by atoms with Crippen LogP contribution in [0.2, 0.25) is 0 Å². The predicted octanol–water partition coefficient (Wildman–Crippen LogP) is 4.79. The van der Waals surface area contributed by atoms with Crippen molar-refractivity contribution in [1.82, 2.24) is 0 Å². The third-order valence-corrected chi connectivity index (χ3v) is 11.1. The number of hydrogen-bond donors (Lipinski definition) is 0. The van der Waals surface area contributed by atoms with E-state index in [9.17, 15) is 0 Å². The number of rotatable bonds is 2.